The van der Waals surface area contributed by atoms with E-state index in [1.54, 1.807) is 11.8 Å². The van der Waals surface area contributed by atoms with Crippen LogP contribution in [-0.4, -0.2) is 29.4 Å². The number of aliphatic hydroxyl groups excluding tert-OH is 1. The summed E-state index contributed by atoms with van der Waals surface area (Å²) in [5.74, 6) is 1.35. The lowest BCUT2D eigenvalue weighted by Gasteiger charge is -2.12. The van der Waals surface area contributed by atoms with Crippen LogP contribution in [0.3, 0.4) is 0 Å². The number of carbonyl (C=O) groups is 1. The van der Waals surface area contributed by atoms with E-state index in [1.165, 1.54) is 11.1 Å². The van der Waals surface area contributed by atoms with Crippen LogP contribution >= 0.6 is 11.8 Å². The smallest absolute Gasteiger partial charge is 0.230 e. The fourth-order valence-electron chi connectivity index (χ4n) is 1.53. The standard InChI is InChI=1S/C14H21NO2S/c1-11-3-5-13(6-4-11)9-18-10-14(17)15-12(2)7-8-16/h3-6,12,16H,7-10H2,1-2H3,(H,15,17). The maximum atomic E-state index is 11.6. The molecule has 0 heterocycles. The van der Waals surface area contributed by atoms with Gasteiger partial charge >= 0.3 is 0 Å². The number of aryl methyl sites for hydroxylation is 1. The Labute approximate surface area is 113 Å². The van der Waals surface area contributed by atoms with E-state index in [4.69, 9.17) is 5.11 Å². The van der Waals surface area contributed by atoms with Crippen LogP contribution in [0, 0.1) is 6.92 Å². The van der Waals surface area contributed by atoms with Crippen LogP contribution in [0.1, 0.15) is 24.5 Å². The Hall–Kier alpha value is -1.00. The van der Waals surface area contributed by atoms with Gasteiger partial charge in [0.05, 0.1) is 5.75 Å². The zero-order chi connectivity index (χ0) is 13.4. The molecule has 1 rings (SSSR count). The molecule has 0 aliphatic rings. The topological polar surface area (TPSA) is 49.3 Å². The minimum Gasteiger partial charge on any atom is -0.396 e. The van der Waals surface area contributed by atoms with Crippen molar-refractivity contribution in [1.82, 2.24) is 5.32 Å². The number of nitrogens with one attached hydrogen (secondary N) is 1. The molecule has 2 N–H and O–H groups in total. The van der Waals surface area contributed by atoms with E-state index in [-0.39, 0.29) is 18.6 Å². The molecule has 1 amide bonds. The summed E-state index contributed by atoms with van der Waals surface area (Å²) in [6.07, 6.45) is 0.606. The molecule has 0 fully saturated rings. The van der Waals surface area contributed by atoms with Gasteiger partial charge in [-0.15, -0.1) is 11.8 Å². The van der Waals surface area contributed by atoms with Gasteiger partial charge in [0.15, 0.2) is 0 Å². The van der Waals surface area contributed by atoms with Crippen molar-refractivity contribution >= 4 is 17.7 Å². The minimum atomic E-state index is 0.0352. The summed E-state index contributed by atoms with van der Waals surface area (Å²) in [5, 5.41) is 11.6. The number of carbonyl (C=O) groups excluding carboxylic acids is 1. The van der Waals surface area contributed by atoms with Crippen molar-refractivity contribution in [3.8, 4) is 0 Å². The molecule has 100 valence electrons. The van der Waals surface area contributed by atoms with Gasteiger partial charge in [0.2, 0.25) is 5.91 Å². The SMILES string of the molecule is Cc1ccc(CSCC(=O)NC(C)CCO)cc1. The van der Waals surface area contributed by atoms with Crippen LogP contribution in [0.5, 0.6) is 0 Å². The molecule has 1 aromatic carbocycles. The zero-order valence-electron chi connectivity index (χ0n) is 11.0. The zero-order valence-corrected chi connectivity index (χ0v) is 11.8. The Kier molecular flexibility index (Phi) is 6.83. The summed E-state index contributed by atoms with van der Waals surface area (Å²) in [5.41, 5.74) is 2.49. The predicted molar refractivity (Wildman–Crippen MR) is 76.6 cm³/mol. The van der Waals surface area contributed by atoms with Gasteiger partial charge < -0.3 is 10.4 Å². The fraction of sp³-hybridized carbons (Fsp3) is 0.500. The van der Waals surface area contributed by atoms with Crippen molar-refractivity contribution in [2.75, 3.05) is 12.4 Å². The first-order valence-electron chi connectivity index (χ1n) is 6.15. The molecule has 0 saturated carbocycles. The molecule has 1 aromatic rings. The quantitative estimate of drug-likeness (QED) is 0.795. The number of hydrogen-bond donors (Lipinski definition) is 2. The minimum absolute atomic E-state index is 0.0352. The Morgan fingerprint density at radius 3 is 2.67 bits per heavy atom. The third-order valence-corrected chi connectivity index (χ3v) is 3.60. The summed E-state index contributed by atoms with van der Waals surface area (Å²) in [4.78, 5) is 11.6. The number of amides is 1. The summed E-state index contributed by atoms with van der Waals surface area (Å²) in [6, 6.07) is 8.39. The first-order valence-corrected chi connectivity index (χ1v) is 7.31. The molecule has 3 nitrogen and oxygen atoms in total. The molecular formula is C14H21NO2S. The van der Waals surface area contributed by atoms with Gasteiger partial charge in [0, 0.05) is 18.4 Å². The lowest BCUT2D eigenvalue weighted by molar-refractivity contribution is -0.119. The molecule has 0 aromatic heterocycles. The van der Waals surface area contributed by atoms with Gasteiger partial charge in [-0.05, 0) is 25.8 Å². The first kappa shape index (κ1) is 15.1. The van der Waals surface area contributed by atoms with Crippen LogP contribution < -0.4 is 5.32 Å². The summed E-state index contributed by atoms with van der Waals surface area (Å²) < 4.78 is 0. The number of hydrogen-bond acceptors (Lipinski definition) is 3. The van der Waals surface area contributed by atoms with E-state index in [2.05, 4.69) is 36.5 Å². The highest BCUT2D eigenvalue weighted by molar-refractivity contribution is 7.99. The number of benzene rings is 1. The molecule has 0 bridgehead atoms. The van der Waals surface area contributed by atoms with E-state index in [0.29, 0.717) is 12.2 Å². The Morgan fingerprint density at radius 1 is 1.39 bits per heavy atom. The third kappa shape index (κ3) is 6.07. The number of rotatable bonds is 7. The second kappa shape index (κ2) is 8.16. The lowest BCUT2D eigenvalue weighted by Crippen LogP contribution is -2.34. The van der Waals surface area contributed by atoms with E-state index >= 15 is 0 Å². The highest BCUT2D eigenvalue weighted by Gasteiger charge is 2.06. The second-order valence-corrected chi connectivity index (χ2v) is 5.44. The molecule has 0 aliphatic heterocycles. The number of aliphatic hydroxyl groups is 1. The predicted octanol–water partition coefficient (Wildman–Crippen LogP) is 2.12. The van der Waals surface area contributed by atoms with Crippen molar-refractivity contribution in [3.63, 3.8) is 0 Å². The highest BCUT2D eigenvalue weighted by Crippen LogP contribution is 2.12. The lowest BCUT2D eigenvalue weighted by atomic mass is 10.2. The van der Waals surface area contributed by atoms with Crippen LogP contribution in [0.2, 0.25) is 0 Å². The van der Waals surface area contributed by atoms with Crippen LogP contribution in [0.25, 0.3) is 0 Å². The van der Waals surface area contributed by atoms with Gasteiger partial charge in [-0.25, -0.2) is 0 Å². The summed E-state index contributed by atoms with van der Waals surface area (Å²) in [6.45, 7) is 4.07. The van der Waals surface area contributed by atoms with Gasteiger partial charge in [-0.3, -0.25) is 4.79 Å². The average Bonchev–Trinajstić information content (AvgIpc) is 2.32. The van der Waals surface area contributed by atoms with Crippen LogP contribution in [0.15, 0.2) is 24.3 Å². The van der Waals surface area contributed by atoms with E-state index < -0.39 is 0 Å². The maximum absolute atomic E-state index is 11.6. The van der Waals surface area contributed by atoms with Crippen molar-refractivity contribution < 1.29 is 9.90 Å². The van der Waals surface area contributed by atoms with Gasteiger partial charge in [0.25, 0.3) is 0 Å². The van der Waals surface area contributed by atoms with Crippen LogP contribution in [0.4, 0.5) is 0 Å². The van der Waals surface area contributed by atoms with E-state index in [0.717, 1.165) is 5.75 Å². The normalized spacial score (nSPS) is 12.2. The Balaban J connectivity index is 2.21. The van der Waals surface area contributed by atoms with E-state index in [9.17, 15) is 4.79 Å². The molecular weight excluding hydrogens is 246 g/mol. The summed E-state index contributed by atoms with van der Waals surface area (Å²) in [7, 11) is 0. The molecule has 1 unspecified atom stereocenters. The monoisotopic (exact) mass is 267 g/mol. The number of thioether (sulfide) groups is 1. The van der Waals surface area contributed by atoms with Gasteiger partial charge in [-0.2, -0.15) is 0 Å². The maximum Gasteiger partial charge on any atom is 0.230 e. The molecule has 0 aliphatic carbocycles. The highest BCUT2D eigenvalue weighted by atomic mass is 32.2. The fourth-order valence-corrected chi connectivity index (χ4v) is 2.33. The van der Waals surface area contributed by atoms with Crippen LogP contribution in [-0.2, 0) is 10.5 Å². The van der Waals surface area contributed by atoms with E-state index in [1.807, 2.05) is 6.92 Å². The third-order valence-electron chi connectivity index (χ3n) is 2.59. The molecule has 0 spiro atoms. The molecule has 4 heteroatoms. The van der Waals surface area contributed by atoms with Crippen molar-refractivity contribution in [2.24, 2.45) is 0 Å². The molecule has 0 saturated heterocycles. The Morgan fingerprint density at radius 2 is 2.06 bits per heavy atom. The molecule has 18 heavy (non-hydrogen) atoms. The first-order chi connectivity index (χ1) is 8.61. The molecule has 0 radical (unpaired) electrons. The van der Waals surface area contributed by atoms with Crippen molar-refractivity contribution in [2.45, 2.75) is 32.1 Å². The van der Waals surface area contributed by atoms with Gasteiger partial charge in [0.1, 0.15) is 0 Å². The second-order valence-electron chi connectivity index (χ2n) is 4.46. The van der Waals surface area contributed by atoms with Crippen molar-refractivity contribution in [3.05, 3.63) is 35.4 Å². The molecule has 1 atom stereocenters. The van der Waals surface area contributed by atoms with Crippen molar-refractivity contribution in [1.29, 1.82) is 0 Å². The Bertz CT molecular complexity index is 365. The average molecular weight is 267 g/mol. The van der Waals surface area contributed by atoms with Gasteiger partial charge in [-0.1, -0.05) is 29.8 Å². The largest absolute Gasteiger partial charge is 0.396 e. The summed E-state index contributed by atoms with van der Waals surface area (Å²) >= 11 is 1.61.